The van der Waals surface area contributed by atoms with Crippen LogP contribution in [0.25, 0.3) is 0 Å². The van der Waals surface area contributed by atoms with Crippen LogP contribution in [0.5, 0.6) is 0 Å². The van der Waals surface area contributed by atoms with Gasteiger partial charge in [-0.15, -0.1) is 11.8 Å². The van der Waals surface area contributed by atoms with E-state index in [0.29, 0.717) is 11.7 Å². The molecule has 0 spiro atoms. The zero-order chi connectivity index (χ0) is 12.0. The average Bonchev–Trinajstić information content (AvgIpc) is 2.27. The first-order valence-corrected chi connectivity index (χ1v) is 6.25. The lowest BCUT2D eigenvalue weighted by Crippen LogP contribution is -2.30. The maximum Gasteiger partial charge on any atom is 0.234 e. The second-order valence-electron chi connectivity index (χ2n) is 3.88. The Morgan fingerprint density at radius 1 is 1.38 bits per heavy atom. The molecule has 0 aliphatic heterocycles. The van der Waals surface area contributed by atoms with Crippen molar-refractivity contribution >= 4 is 17.7 Å². The first-order chi connectivity index (χ1) is 7.61. The molecule has 3 nitrogen and oxygen atoms in total. The second-order valence-corrected chi connectivity index (χ2v) is 5.53. The van der Waals surface area contributed by atoms with Crippen LogP contribution in [0.15, 0.2) is 29.2 Å². The molecule has 1 aromatic carbocycles. The van der Waals surface area contributed by atoms with Gasteiger partial charge in [0.25, 0.3) is 0 Å². The topological polar surface area (TPSA) is 55.1 Å². The highest BCUT2D eigenvalue weighted by atomic mass is 32.2. The summed E-state index contributed by atoms with van der Waals surface area (Å²) in [5.74, 6) is 4.89. The van der Waals surface area contributed by atoms with Crippen LogP contribution in [0.3, 0.4) is 0 Å². The average molecular weight is 238 g/mol. The normalized spacial score (nSPS) is 10.5. The Balaban J connectivity index is 2.48. The number of benzene rings is 1. The summed E-state index contributed by atoms with van der Waals surface area (Å²) in [4.78, 5) is 12.2. The number of nitrogens with two attached hydrogens (primary N) is 1. The molecule has 0 saturated heterocycles. The van der Waals surface area contributed by atoms with Crippen LogP contribution in [-0.4, -0.2) is 11.2 Å². The van der Waals surface area contributed by atoms with Gasteiger partial charge >= 0.3 is 0 Å². The van der Waals surface area contributed by atoms with Crippen LogP contribution in [0.1, 0.15) is 25.8 Å². The number of hydrogen-bond donors (Lipinski definition) is 2. The third kappa shape index (κ3) is 4.68. The van der Waals surface area contributed by atoms with Crippen LogP contribution < -0.4 is 11.3 Å². The van der Waals surface area contributed by atoms with Gasteiger partial charge in [-0.05, 0) is 24.1 Å². The maximum absolute atomic E-state index is 11.0. The molecule has 3 N–H and O–H groups in total. The molecule has 0 radical (unpaired) electrons. The molecule has 0 unspecified atom stereocenters. The van der Waals surface area contributed by atoms with E-state index < -0.39 is 0 Å². The van der Waals surface area contributed by atoms with Crippen LogP contribution >= 0.6 is 11.8 Å². The molecular weight excluding hydrogens is 220 g/mol. The van der Waals surface area contributed by atoms with Gasteiger partial charge in [-0.3, -0.25) is 10.2 Å². The van der Waals surface area contributed by atoms with Gasteiger partial charge in [-0.25, -0.2) is 5.84 Å². The van der Waals surface area contributed by atoms with Crippen molar-refractivity contribution in [2.45, 2.75) is 36.8 Å². The van der Waals surface area contributed by atoms with Crippen molar-refractivity contribution in [1.82, 2.24) is 5.43 Å². The van der Waals surface area contributed by atoms with E-state index in [4.69, 9.17) is 5.84 Å². The number of carbonyl (C=O) groups excluding carboxylic acids is 1. The fourth-order valence-corrected chi connectivity index (χ4v) is 2.17. The molecule has 0 saturated carbocycles. The minimum Gasteiger partial charge on any atom is -0.294 e. The van der Waals surface area contributed by atoms with Crippen molar-refractivity contribution in [2.75, 3.05) is 0 Å². The molecule has 0 fully saturated rings. The minimum atomic E-state index is -0.124. The number of hydrogen-bond acceptors (Lipinski definition) is 3. The molecule has 0 aliphatic carbocycles. The summed E-state index contributed by atoms with van der Waals surface area (Å²) in [7, 11) is 0. The van der Waals surface area contributed by atoms with Crippen molar-refractivity contribution in [1.29, 1.82) is 0 Å². The fourth-order valence-electron chi connectivity index (χ4n) is 1.34. The van der Waals surface area contributed by atoms with Crippen LogP contribution in [-0.2, 0) is 11.2 Å². The van der Waals surface area contributed by atoms with Gasteiger partial charge < -0.3 is 0 Å². The van der Waals surface area contributed by atoms with Crippen LogP contribution in [0.2, 0.25) is 0 Å². The summed E-state index contributed by atoms with van der Waals surface area (Å²) in [5, 5.41) is 0.592. The monoisotopic (exact) mass is 238 g/mol. The number of carbonyl (C=O) groups is 1. The Labute approximate surface area is 101 Å². The van der Waals surface area contributed by atoms with Crippen molar-refractivity contribution < 1.29 is 4.79 Å². The summed E-state index contributed by atoms with van der Waals surface area (Å²) in [5.41, 5.74) is 3.29. The zero-order valence-electron chi connectivity index (χ0n) is 9.69. The van der Waals surface area contributed by atoms with E-state index in [9.17, 15) is 4.79 Å². The summed E-state index contributed by atoms with van der Waals surface area (Å²) < 4.78 is 0. The molecule has 4 heteroatoms. The highest BCUT2D eigenvalue weighted by molar-refractivity contribution is 7.99. The van der Waals surface area contributed by atoms with Gasteiger partial charge in [-0.1, -0.05) is 26.0 Å². The largest absolute Gasteiger partial charge is 0.294 e. The summed E-state index contributed by atoms with van der Waals surface area (Å²) in [6.07, 6.45) is 1.17. The quantitative estimate of drug-likeness (QED) is 0.357. The molecule has 0 aromatic heterocycles. The molecule has 0 heterocycles. The number of aryl methyl sites for hydroxylation is 1. The van der Waals surface area contributed by atoms with Crippen LogP contribution in [0, 0.1) is 0 Å². The summed E-state index contributed by atoms with van der Waals surface area (Å²) >= 11 is 1.84. The molecule has 1 amide bonds. The van der Waals surface area contributed by atoms with E-state index in [-0.39, 0.29) is 5.91 Å². The molecular formula is C12H18N2OS. The van der Waals surface area contributed by atoms with Crippen molar-refractivity contribution in [3.8, 4) is 0 Å². The third-order valence-corrected chi connectivity index (χ3v) is 3.11. The van der Waals surface area contributed by atoms with Crippen molar-refractivity contribution in [2.24, 2.45) is 5.84 Å². The Bertz CT molecular complexity index is 335. The maximum atomic E-state index is 11.0. The molecule has 88 valence electrons. The number of amides is 1. The van der Waals surface area contributed by atoms with E-state index >= 15 is 0 Å². The fraction of sp³-hybridized carbons (Fsp3) is 0.417. The smallest absolute Gasteiger partial charge is 0.234 e. The van der Waals surface area contributed by atoms with Crippen molar-refractivity contribution in [3.05, 3.63) is 29.8 Å². The van der Waals surface area contributed by atoms with Gasteiger partial charge in [0, 0.05) is 16.6 Å². The van der Waals surface area contributed by atoms with Gasteiger partial charge in [0.05, 0.1) is 0 Å². The minimum absolute atomic E-state index is 0.124. The van der Waals surface area contributed by atoms with E-state index in [2.05, 4.69) is 43.5 Å². The Hall–Kier alpha value is -1.00. The Kier molecular flexibility index (Phi) is 5.35. The molecule has 16 heavy (non-hydrogen) atoms. The SMILES string of the molecule is CC(C)Sc1ccc(CCC(=O)NN)cc1. The standard InChI is InChI=1S/C12H18N2OS/c1-9(2)16-11-6-3-10(4-7-11)5-8-12(15)14-13/h3-4,6-7,9H,5,8,13H2,1-2H3,(H,14,15). The van der Waals surface area contributed by atoms with Gasteiger partial charge in [-0.2, -0.15) is 0 Å². The summed E-state index contributed by atoms with van der Waals surface area (Å²) in [6.45, 7) is 4.34. The first-order valence-electron chi connectivity index (χ1n) is 5.37. The lowest BCUT2D eigenvalue weighted by atomic mass is 10.1. The van der Waals surface area contributed by atoms with E-state index in [1.165, 1.54) is 4.90 Å². The highest BCUT2D eigenvalue weighted by Crippen LogP contribution is 2.23. The second kappa shape index (κ2) is 6.55. The molecule has 0 atom stereocenters. The van der Waals surface area contributed by atoms with Gasteiger partial charge in [0.1, 0.15) is 0 Å². The number of nitrogens with one attached hydrogen (secondary N) is 1. The number of rotatable bonds is 5. The first kappa shape index (κ1) is 13.1. The molecule has 0 bridgehead atoms. The van der Waals surface area contributed by atoms with E-state index in [0.717, 1.165) is 12.0 Å². The van der Waals surface area contributed by atoms with Gasteiger partial charge in [0.15, 0.2) is 0 Å². The van der Waals surface area contributed by atoms with Crippen LogP contribution in [0.4, 0.5) is 0 Å². The highest BCUT2D eigenvalue weighted by Gasteiger charge is 2.01. The Morgan fingerprint density at radius 2 is 2.00 bits per heavy atom. The zero-order valence-corrected chi connectivity index (χ0v) is 10.5. The molecule has 1 rings (SSSR count). The number of hydrazine groups is 1. The lowest BCUT2D eigenvalue weighted by molar-refractivity contribution is -0.121. The van der Waals surface area contributed by atoms with Gasteiger partial charge in [0.2, 0.25) is 5.91 Å². The predicted molar refractivity (Wildman–Crippen MR) is 68.1 cm³/mol. The lowest BCUT2D eigenvalue weighted by Gasteiger charge is -2.06. The van der Waals surface area contributed by atoms with E-state index in [1.54, 1.807) is 0 Å². The predicted octanol–water partition coefficient (Wildman–Crippen LogP) is 2.11. The Morgan fingerprint density at radius 3 is 2.50 bits per heavy atom. The third-order valence-electron chi connectivity index (χ3n) is 2.10. The molecule has 1 aromatic rings. The summed E-state index contributed by atoms with van der Waals surface area (Å²) in [6, 6.07) is 8.32. The molecule has 0 aliphatic rings. The number of thioether (sulfide) groups is 1. The van der Waals surface area contributed by atoms with E-state index in [1.807, 2.05) is 11.8 Å². The van der Waals surface area contributed by atoms with Crippen molar-refractivity contribution in [3.63, 3.8) is 0 Å².